The van der Waals surface area contributed by atoms with Crippen molar-refractivity contribution >= 4 is 29.9 Å². The van der Waals surface area contributed by atoms with Crippen LogP contribution in [0.1, 0.15) is 37.3 Å². The summed E-state index contributed by atoms with van der Waals surface area (Å²) < 4.78 is 5.48. The molecular formula is C24H42IN5O. The molecule has 2 heterocycles. The van der Waals surface area contributed by atoms with Crippen molar-refractivity contribution in [3.05, 3.63) is 35.4 Å². The van der Waals surface area contributed by atoms with Crippen LogP contribution in [0, 0.1) is 5.92 Å². The summed E-state index contributed by atoms with van der Waals surface area (Å²) in [6.45, 7) is 12.3. The van der Waals surface area contributed by atoms with Gasteiger partial charge in [-0.1, -0.05) is 24.3 Å². The molecule has 1 aromatic rings. The van der Waals surface area contributed by atoms with Crippen LogP contribution in [0.25, 0.3) is 0 Å². The molecule has 2 aliphatic rings. The number of nitrogens with zero attached hydrogens (tertiary/aromatic N) is 4. The van der Waals surface area contributed by atoms with Gasteiger partial charge in [0.2, 0.25) is 0 Å². The molecule has 0 atom stereocenters. The molecular weight excluding hydrogens is 501 g/mol. The number of rotatable bonds is 8. The van der Waals surface area contributed by atoms with Gasteiger partial charge in [-0.2, -0.15) is 0 Å². The number of hydrogen-bond donors (Lipinski definition) is 1. The Hall–Kier alpha value is -0.900. The van der Waals surface area contributed by atoms with E-state index in [0.29, 0.717) is 0 Å². The lowest BCUT2D eigenvalue weighted by atomic mass is 9.96. The maximum absolute atomic E-state index is 5.48. The fraction of sp³-hybridized carbons (Fsp3) is 0.708. The average molecular weight is 544 g/mol. The molecule has 0 saturated carbocycles. The standard InChI is InChI=1S/C24H41N5O.HI/c1-4-25-24(28(3)12-9-21-10-17-30-18-11-21)26-19-22-5-7-23(8-6-22)20-29-15-13-27(2)14-16-29;/h5-8,21H,4,9-20H2,1-3H3,(H,25,26);1H. The molecule has 2 fully saturated rings. The van der Waals surface area contributed by atoms with E-state index in [1.54, 1.807) is 0 Å². The summed E-state index contributed by atoms with van der Waals surface area (Å²) in [5, 5.41) is 3.45. The zero-order valence-corrected chi connectivity index (χ0v) is 22.0. The first kappa shape index (κ1) is 26.4. The summed E-state index contributed by atoms with van der Waals surface area (Å²) in [6, 6.07) is 9.01. The Balaban J connectivity index is 0.00000341. The van der Waals surface area contributed by atoms with Gasteiger partial charge in [-0.05, 0) is 50.3 Å². The first-order chi connectivity index (χ1) is 14.6. The van der Waals surface area contributed by atoms with Crippen molar-refractivity contribution in [2.24, 2.45) is 10.9 Å². The monoisotopic (exact) mass is 543 g/mol. The van der Waals surface area contributed by atoms with Gasteiger partial charge in [0.05, 0.1) is 6.54 Å². The minimum Gasteiger partial charge on any atom is -0.381 e. The van der Waals surface area contributed by atoms with Crippen molar-refractivity contribution in [1.82, 2.24) is 20.0 Å². The quantitative estimate of drug-likeness (QED) is 0.310. The minimum atomic E-state index is 0. The molecule has 0 aliphatic carbocycles. The van der Waals surface area contributed by atoms with E-state index in [1.165, 1.54) is 43.5 Å². The second-order valence-electron chi connectivity index (χ2n) is 8.83. The van der Waals surface area contributed by atoms with Gasteiger partial charge in [0.25, 0.3) is 0 Å². The SMILES string of the molecule is CCNC(=NCc1ccc(CN2CCN(C)CC2)cc1)N(C)CCC1CCOCC1.I. The summed E-state index contributed by atoms with van der Waals surface area (Å²) in [4.78, 5) is 12.1. The van der Waals surface area contributed by atoms with Gasteiger partial charge in [-0.25, -0.2) is 4.99 Å². The van der Waals surface area contributed by atoms with Gasteiger partial charge >= 0.3 is 0 Å². The summed E-state index contributed by atoms with van der Waals surface area (Å²) in [5.74, 6) is 1.79. The van der Waals surface area contributed by atoms with E-state index in [2.05, 4.69) is 65.3 Å². The van der Waals surface area contributed by atoms with Crippen LogP contribution >= 0.6 is 24.0 Å². The molecule has 176 valence electrons. The summed E-state index contributed by atoms with van der Waals surface area (Å²) in [6.07, 6.45) is 3.61. The number of piperazine rings is 1. The first-order valence-electron chi connectivity index (χ1n) is 11.7. The molecule has 7 heteroatoms. The van der Waals surface area contributed by atoms with Crippen LogP contribution in [-0.4, -0.2) is 87.2 Å². The third-order valence-corrected chi connectivity index (χ3v) is 6.35. The Morgan fingerprint density at radius 1 is 1.10 bits per heavy atom. The molecule has 0 radical (unpaired) electrons. The topological polar surface area (TPSA) is 43.3 Å². The number of guanidine groups is 1. The molecule has 2 saturated heterocycles. The van der Waals surface area contributed by atoms with Gasteiger partial charge in [0.1, 0.15) is 0 Å². The predicted molar refractivity (Wildman–Crippen MR) is 140 cm³/mol. The number of nitrogens with one attached hydrogen (secondary N) is 1. The number of halogens is 1. The molecule has 0 amide bonds. The lowest BCUT2D eigenvalue weighted by Crippen LogP contribution is -2.43. The molecule has 0 spiro atoms. The zero-order valence-electron chi connectivity index (χ0n) is 19.7. The predicted octanol–water partition coefficient (Wildman–Crippen LogP) is 3.27. The number of benzene rings is 1. The van der Waals surface area contributed by atoms with Gasteiger partial charge in [-0.3, -0.25) is 4.90 Å². The third kappa shape index (κ3) is 9.24. The number of aliphatic imine (C=N–C) groups is 1. The lowest BCUT2D eigenvalue weighted by molar-refractivity contribution is 0.0625. The molecule has 1 aromatic carbocycles. The Kier molecular flexibility index (Phi) is 12.1. The van der Waals surface area contributed by atoms with E-state index in [4.69, 9.17) is 9.73 Å². The van der Waals surface area contributed by atoms with Gasteiger partial charge in [-0.15, -0.1) is 24.0 Å². The lowest BCUT2D eigenvalue weighted by Gasteiger charge is -2.32. The number of hydrogen-bond acceptors (Lipinski definition) is 4. The second kappa shape index (κ2) is 14.3. The Bertz CT molecular complexity index is 640. The maximum Gasteiger partial charge on any atom is 0.193 e. The van der Waals surface area contributed by atoms with E-state index in [1.807, 2.05) is 0 Å². The number of ether oxygens (including phenoxy) is 1. The number of likely N-dealkylation sites (N-methyl/N-ethyl adjacent to an activating group) is 1. The van der Waals surface area contributed by atoms with E-state index in [0.717, 1.165) is 64.4 Å². The van der Waals surface area contributed by atoms with Crippen LogP contribution in [0.3, 0.4) is 0 Å². The molecule has 0 aromatic heterocycles. The second-order valence-corrected chi connectivity index (χ2v) is 8.83. The largest absolute Gasteiger partial charge is 0.381 e. The molecule has 3 rings (SSSR count). The first-order valence-corrected chi connectivity index (χ1v) is 11.7. The van der Waals surface area contributed by atoms with Gasteiger partial charge in [0, 0.05) is 66.1 Å². The Morgan fingerprint density at radius 2 is 1.74 bits per heavy atom. The molecule has 6 nitrogen and oxygen atoms in total. The average Bonchev–Trinajstić information content (AvgIpc) is 2.78. The zero-order chi connectivity index (χ0) is 21.2. The maximum atomic E-state index is 5.48. The molecule has 0 bridgehead atoms. The minimum absolute atomic E-state index is 0. The van der Waals surface area contributed by atoms with Crippen LogP contribution in [-0.2, 0) is 17.8 Å². The van der Waals surface area contributed by atoms with Crippen molar-refractivity contribution in [3.63, 3.8) is 0 Å². The van der Waals surface area contributed by atoms with Crippen molar-refractivity contribution in [2.45, 2.75) is 39.3 Å². The van der Waals surface area contributed by atoms with Crippen LogP contribution in [0.5, 0.6) is 0 Å². The Morgan fingerprint density at radius 3 is 2.39 bits per heavy atom. The van der Waals surface area contributed by atoms with Gasteiger partial charge < -0.3 is 19.9 Å². The fourth-order valence-electron chi connectivity index (χ4n) is 4.17. The smallest absolute Gasteiger partial charge is 0.193 e. The normalized spacial score (nSPS) is 19.1. The van der Waals surface area contributed by atoms with E-state index < -0.39 is 0 Å². The van der Waals surface area contributed by atoms with Crippen LogP contribution in [0.15, 0.2) is 29.3 Å². The van der Waals surface area contributed by atoms with Gasteiger partial charge in [0.15, 0.2) is 5.96 Å². The summed E-state index contributed by atoms with van der Waals surface area (Å²) in [7, 11) is 4.36. The molecule has 1 N–H and O–H groups in total. The van der Waals surface area contributed by atoms with E-state index >= 15 is 0 Å². The van der Waals surface area contributed by atoms with Crippen molar-refractivity contribution in [3.8, 4) is 0 Å². The molecule has 2 aliphatic heterocycles. The fourth-order valence-corrected chi connectivity index (χ4v) is 4.17. The van der Waals surface area contributed by atoms with Crippen LogP contribution < -0.4 is 5.32 Å². The third-order valence-electron chi connectivity index (χ3n) is 6.35. The van der Waals surface area contributed by atoms with E-state index in [-0.39, 0.29) is 24.0 Å². The highest BCUT2D eigenvalue weighted by molar-refractivity contribution is 14.0. The van der Waals surface area contributed by atoms with Crippen LogP contribution in [0.4, 0.5) is 0 Å². The Labute approximate surface area is 206 Å². The van der Waals surface area contributed by atoms with Crippen molar-refractivity contribution in [1.29, 1.82) is 0 Å². The molecule has 31 heavy (non-hydrogen) atoms. The van der Waals surface area contributed by atoms with Crippen LogP contribution in [0.2, 0.25) is 0 Å². The molecule has 0 unspecified atom stereocenters. The van der Waals surface area contributed by atoms with Crippen molar-refractivity contribution in [2.75, 3.05) is 66.6 Å². The van der Waals surface area contributed by atoms with Crippen molar-refractivity contribution < 1.29 is 4.74 Å². The summed E-state index contributed by atoms with van der Waals surface area (Å²) >= 11 is 0. The highest BCUT2D eigenvalue weighted by Gasteiger charge is 2.16. The van der Waals surface area contributed by atoms with E-state index in [9.17, 15) is 0 Å². The highest BCUT2D eigenvalue weighted by Crippen LogP contribution is 2.18. The highest BCUT2D eigenvalue weighted by atomic mass is 127. The summed E-state index contributed by atoms with van der Waals surface area (Å²) in [5.41, 5.74) is 2.66.